The van der Waals surface area contributed by atoms with Crippen molar-refractivity contribution >= 4 is 11.5 Å². The van der Waals surface area contributed by atoms with Gasteiger partial charge in [0.1, 0.15) is 0 Å². The Labute approximate surface area is 185 Å². The molecule has 3 rings (SSSR count). The molecule has 0 amide bonds. The molecule has 0 saturated heterocycles. The Balaban J connectivity index is 2.28. The lowest BCUT2D eigenvalue weighted by Crippen LogP contribution is -2.00. The van der Waals surface area contributed by atoms with Gasteiger partial charge in [-0.2, -0.15) is 4.37 Å². The molecule has 0 aliphatic heterocycles. The predicted molar refractivity (Wildman–Crippen MR) is 119 cm³/mol. The van der Waals surface area contributed by atoms with E-state index in [2.05, 4.69) is 4.37 Å². The Morgan fingerprint density at radius 2 is 1.06 bits per heavy atom. The van der Waals surface area contributed by atoms with Gasteiger partial charge >= 0.3 is 0 Å². The van der Waals surface area contributed by atoms with Crippen LogP contribution < -0.4 is 33.2 Å². The summed E-state index contributed by atoms with van der Waals surface area (Å²) in [5.41, 5.74) is 3.09. The summed E-state index contributed by atoms with van der Waals surface area (Å²) < 4.78 is 43.4. The number of nitrogens with zero attached hydrogens (tertiary/aromatic N) is 1. The minimum atomic E-state index is 0.432. The zero-order valence-electron chi connectivity index (χ0n) is 18.5. The Hall–Kier alpha value is -3.33. The van der Waals surface area contributed by atoms with Gasteiger partial charge < -0.3 is 33.2 Å². The summed E-state index contributed by atoms with van der Waals surface area (Å²) in [4.78, 5) is 0. The monoisotopic (exact) mass is 447 g/mol. The zero-order chi connectivity index (χ0) is 22.5. The molecule has 0 radical (unpaired) electrons. The first-order valence-corrected chi connectivity index (χ1v) is 10.0. The molecule has 3 aromatic rings. The summed E-state index contributed by atoms with van der Waals surface area (Å²) in [6, 6.07) is 5.54. The fourth-order valence-electron chi connectivity index (χ4n) is 3.39. The highest BCUT2D eigenvalue weighted by Gasteiger charge is 2.26. The molecule has 1 heterocycles. The second kappa shape index (κ2) is 9.65. The molecule has 8 nitrogen and oxygen atoms in total. The van der Waals surface area contributed by atoms with Gasteiger partial charge in [-0.05, 0) is 29.7 Å². The van der Waals surface area contributed by atoms with Gasteiger partial charge in [0.05, 0.1) is 55.5 Å². The van der Waals surface area contributed by atoms with Crippen molar-refractivity contribution in [1.29, 1.82) is 0 Å². The van der Waals surface area contributed by atoms with E-state index in [4.69, 9.17) is 33.2 Å². The summed E-state index contributed by atoms with van der Waals surface area (Å²) in [5.74, 6) is 3.48. The van der Waals surface area contributed by atoms with Gasteiger partial charge in [0.15, 0.2) is 23.0 Å². The number of ether oxygens (including phenoxy) is 7. The van der Waals surface area contributed by atoms with E-state index >= 15 is 0 Å². The van der Waals surface area contributed by atoms with Crippen molar-refractivity contribution in [2.75, 3.05) is 49.8 Å². The molecular weight excluding hydrogens is 422 g/mol. The summed E-state index contributed by atoms with van der Waals surface area (Å²) in [6.45, 7) is 0. The topological polar surface area (TPSA) is 77.5 Å². The maximum absolute atomic E-state index is 5.70. The Bertz CT molecular complexity index is 1040. The van der Waals surface area contributed by atoms with Gasteiger partial charge in [0.2, 0.25) is 17.2 Å². The summed E-state index contributed by atoms with van der Waals surface area (Å²) in [6.07, 6.45) is 0. The standard InChI is InChI=1S/C22H25NO7S/c1-24-15-8-12(9-16(25-2)20(15)28-5)18-14(11-31-23-18)13-10-17(26-3)21(29-6)22(30-7)19(13)27-4/h8-11H,1-7H3. The quantitative estimate of drug-likeness (QED) is 0.473. The molecule has 2 aromatic carbocycles. The molecule has 0 N–H and O–H groups in total. The van der Waals surface area contributed by atoms with Crippen LogP contribution in [-0.2, 0) is 0 Å². The zero-order valence-corrected chi connectivity index (χ0v) is 19.3. The fraction of sp³-hybridized carbons (Fsp3) is 0.318. The van der Waals surface area contributed by atoms with E-state index in [0.717, 1.165) is 22.4 Å². The van der Waals surface area contributed by atoms with Crippen LogP contribution in [0.5, 0.6) is 40.2 Å². The predicted octanol–water partition coefficient (Wildman–Crippen LogP) is 4.54. The molecule has 31 heavy (non-hydrogen) atoms. The minimum absolute atomic E-state index is 0.432. The Morgan fingerprint density at radius 3 is 1.55 bits per heavy atom. The third-order valence-corrected chi connectivity index (χ3v) is 5.42. The maximum atomic E-state index is 5.70. The SMILES string of the molecule is COc1cc(-c2nscc2-c2cc(OC)c(OC)c(OC)c2OC)cc(OC)c1OC. The van der Waals surface area contributed by atoms with Gasteiger partial charge in [-0.3, -0.25) is 0 Å². The normalized spacial score (nSPS) is 10.4. The third kappa shape index (κ3) is 3.88. The van der Waals surface area contributed by atoms with Crippen LogP contribution in [-0.4, -0.2) is 54.1 Å². The van der Waals surface area contributed by atoms with E-state index in [9.17, 15) is 0 Å². The molecule has 0 saturated carbocycles. The molecule has 0 unspecified atom stereocenters. The van der Waals surface area contributed by atoms with Gasteiger partial charge in [0, 0.05) is 22.1 Å². The summed E-state index contributed by atoms with van der Waals surface area (Å²) >= 11 is 1.32. The van der Waals surface area contributed by atoms with Crippen LogP contribution in [0, 0.1) is 0 Å². The molecule has 0 bridgehead atoms. The van der Waals surface area contributed by atoms with E-state index in [0.29, 0.717) is 40.2 Å². The van der Waals surface area contributed by atoms with Gasteiger partial charge in [-0.1, -0.05) is 0 Å². The van der Waals surface area contributed by atoms with E-state index < -0.39 is 0 Å². The summed E-state index contributed by atoms with van der Waals surface area (Å²) in [7, 11) is 11.0. The molecule has 9 heteroatoms. The first-order chi connectivity index (χ1) is 15.1. The molecule has 0 fully saturated rings. The number of methoxy groups -OCH3 is 7. The highest BCUT2D eigenvalue weighted by atomic mass is 32.1. The Morgan fingerprint density at radius 1 is 0.548 bits per heavy atom. The van der Waals surface area contributed by atoms with Crippen molar-refractivity contribution in [2.24, 2.45) is 0 Å². The lowest BCUT2D eigenvalue weighted by molar-refractivity contribution is 0.306. The van der Waals surface area contributed by atoms with Crippen LogP contribution in [0.1, 0.15) is 0 Å². The van der Waals surface area contributed by atoms with Crippen LogP contribution in [0.2, 0.25) is 0 Å². The number of rotatable bonds is 9. The van der Waals surface area contributed by atoms with Crippen molar-refractivity contribution in [3.63, 3.8) is 0 Å². The van der Waals surface area contributed by atoms with E-state index in [1.54, 1.807) is 49.8 Å². The lowest BCUT2D eigenvalue weighted by Gasteiger charge is -2.19. The molecular formula is C22H25NO7S. The van der Waals surface area contributed by atoms with Crippen molar-refractivity contribution in [1.82, 2.24) is 4.37 Å². The number of hydrogen-bond donors (Lipinski definition) is 0. The second-order valence-electron chi connectivity index (χ2n) is 6.22. The second-order valence-corrected chi connectivity index (χ2v) is 6.85. The molecule has 0 aliphatic rings. The molecule has 166 valence electrons. The molecule has 0 spiro atoms. The highest BCUT2D eigenvalue weighted by molar-refractivity contribution is 7.04. The average molecular weight is 448 g/mol. The van der Waals surface area contributed by atoms with Crippen molar-refractivity contribution in [3.05, 3.63) is 23.6 Å². The van der Waals surface area contributed by atoms with Crippen LogP contribution in [0.3, 0.4) is 0 Å². The van der Waals surface area contributed by atoms with E-state index in [1.165, 1.54) is 11.5 Å². The minimum Gasteiger partial charge on any atom is -0.493 e. The molecule has 0 atom stereocenters. The number of aromatic nitrogens is 1. The molecule has 0 aliphatic carbocycles. The van der Waals surface area contributed by atoms with Crippen LogP contribution >= 0.6 is 11.5 Å². The first kappa shape index (κ1) is 22.4. The van der Waals surface area contributed by atoms with Gasteiger partial charge in [-0.15, -0.1) is 0 Å². The van der Waals surface area contributed by atoms with Crippen LogP contribution in [0.25, 0.3) is 22.4 Å². The van der Waals surface area contributed by atoms with E-state index in [-0.39, 0.29) is 0 Å². The van der Waals surface area contributed by atoms with Crippen molar-refractivity contribution in [3.8, 4) is 62.6 Å². The molecule has 1 aromatic heterocycles. The maximum Gasteiger partial charge on any atom is 0.207 e. The smallest absolute Gasteiger partial charge is 0.207 e. The summed E-state index contributed by atoms with van der Waals surface area (Å²) in [5, 5.41) is 1.93. The van der Waals surface area contributed by atoms with Crippen LogP contribution in [0.15, 0.2) is 23.6 Å². The van der Waals surface area contributed by atoms with Gasteiger partial charge in [0.25, 0.3) is 0 Å². The van der Waals surface area contributed by atoms with E-state index in [1.807, 2.05) is 23.6 Å². The first-order valence-electron chi connectivity index (χ1n) is 9.20. The number of hydrogen-bond acceptors (Lipinski definition) is 9. The number of benzene rings is 2. The Kier molecular flexibility index (Phi) is 6.96. The lowest BCUT2D eigenvalue weighted by atomic mass is 9.99. The van der Waals surface area contributed by atoms with Crippen LogP contribution in [0.4, 0.5) is 0 Å². The highest BCUT2D eigenvalue weighted by Crippen LogP contribution is 2.52. The van der Waals surface area contributed by atoms with Gasteiger partial charge in [-0.25, -0.2) is 0 Å². The van der Waals surface area contributed by atoms with Crippen molar-refractivity contribution < 1.29 is 33.2 Å². The fourth-order valence-corrected chi connectivity index (χ4v) is 4.09. The average Bonchev–Trinajstić information content (AvgIpc) is 3.30. The largest absolute Gasteiger partial charge is 0.493 e. The third-order valence-electron chi connectivity index (χ3n) is 4.79. The van der Waals surface area contributed by atoms with Crippen molar-refractivity contribution in [2.45, 2.75) is 0 Å².